The van der Waals surface area contributed by atoms with Gasteiger partial charge in [0.15, 0.2) is 11.0 Å². The van der Waals surface area contributed by atoms with Crippen LogP contribution in [0, 0.1) is 0 Å². The molecule has 150 valence electrons. The number of rotatable bonds is 6. The van der Waals surface area contributed by atoms with Crippen LogP contribution >= 0.6 is 23.4 Å². The Balaban J connectivity index is 1.73. The van der Waals surface area contributed by atoms with E-state index in [1.54, 1.807) is 0 Å². The van der Waals surface area contributed by atoms with Crippen molar-refractivity contribution in [1.29, 1.82) is 0 Å². The monoisotopic (exact) mass is 429 g/mol. The number of hydrogen-bond acceptors (Lipinski definition) is 7. The fourth-order valence-corrected chi connectivity index (χ4v) is 4.33. The summed E-state index contributed by atoms with van der Waals surface area (Å²) in [6, 6.07) is 7.90. The molecule has 1 aliphatic rings. The van der Waals surface area contributed by atoms with Crippen LogP contribution in [0.5, 0.6) is 0 Å². The summed E-state index contributed by atoms with van der Waals surface area (Å²) < 4.78 is 5.65. The van der Waals surface area contributed by atoms with Gasteiger partial charge in [0.2, 0.25) is 11.9 Å². The van der Waals surface area contributed by atoms with Crippen molar-refractivity contribution < 1.29 is 9.53 Å². The van der Waals surface area contributed by atoms with Crippen molar-refractivity contribution in [2.45, 2.75) is 31.7 Å². The molecule has 1 amide bonds. The third kappa shape index (κ3) is 4.14. The van der Waals surface area contributed by atoms with E-state index in [0.29, 0.717) is 41.3 Å². The number of benzene rings is 2. The minimum Gasteiger partial charge on any atom is -0.372 e. The summed E-state index contributed by atoms with van der Waals surface area (Å²) in [6.07, 6.45) is 0.883. The second-order valence-electron chi connectivity index (χ2n) is 6.66. The van der Waals surface area contributed by atoms with E-state index in [2.05, 4.69) is 20.3 Å². The number of hydrogen-bond donors (Lipinski definition) is 2. The van der Waals surface area contributed by atoms with Crippen LogP contribution in [-0.2, 0) is 22.7 Å². The first-order valence-electron chi connectivity index (χ1n) is 9.29. The average molecular weight is 430 g/mol. The van der Waals surface area contributed by atoms with Gasteiger partial charge in [-0.15, -0.1) is 0 Å². The van der Waals surface area contributed by atoms with Gasteiger partial charge in [0, 0.05) is 12.1 Å². The third-order valence-corrected chi connectivity index (χ3v) is 5.70. The molecule has 7 nitrogen and oxygen atoms in total. The summed E-state index contributed by atoms with van der Waals surface area (Å²) in [5, 5.41) is 5.81. The van der Waals surface area contributed by atoms with Gasteiger partial charge in [0.1, 0.15) is 0 Å². The minimum absolute atomic E-state index is 0.0722. The Morgan fingerprint density at radius 1 is 1.28 bits per heavy atom. The first-order chi connectivity index (χ1) is 14.1. The summed E-state index contributed by atoms with van der Waals surface area (Å²) in [5.74, 6) is 0.621. The van der Waals surface area contributed by atoms with E-state index in [1.807, 2.05) is 31.2 Å². The van der Waals surface area contributed by atoms with Gasteiger partial charge >= 0.3 is 0 Å². The Hall–Kier alpha value is -2.42. The second kappa shape index (κ2) is 8.52. The van der Waals surface area contributed by atoms with Crippen LogP contribution < -0.4 is 11.1 Å². The highest BCUT2D eigenvalue weighted by atomic mass is 35.5. The maximum atomic E-state index is 11.9. The van der Waals surface area contributed by atoms with Crippen LogP contribution in [0.1, 0.15) is 24.5 Å². The number of nitrogens with zero attached hydrogens (tertiary/aromatic N) is 3. The fraction of sp³-hybridized carbons (Fsp3) is 0.300. The van der Waals surface area contributed by atoms with Crippen molar-refractivity contribution in [1.82, 2.24) is 20.3 Å². The van der Waals surface area contributed by atoms with Crippen molar-refractivity contribution >= 4 is 46.0 Å². The van der Waals surface area contributed by atoms with E-state index in [9.17, 15) is 4.79 Å². The highest BCUT2D eigenvalue weighted by molar-refractivity contribution is 7.99. The van der Waals surface area contributed by atoms with Gasteiger partial charge in [-0.05, 0) is 34.4 Å². The summed E-state index contributed by atoms with van der Waals surface area (Å²) in [4.78, 5) is 24.9. The number of anilines is 1. The molecule has 0 saturated carbocycles. The largest absolute Gasteiger partial charge is 0.372 e. The molecule has 3 N–H and O–H groups in total. The van der Waals surface area contributed by atoms with Crippen LogP contribution in [0.3, 0.4) is 0 Å². The number of nitrogens with one attached hydrogen (secondary N) is 1. The number of amides is 1. The standard InChI is InChI=1S/C20H20ClN5O2S/c1-2-6-23-15(27)10-29-20-25-18(24-19(22)26-20)17-13-5-3-4-11-8-28-9-12(16(11)13)7-14(17)21/h3-5,7H,2,6,8-10H2,1H3,(H,23,27)(H2,22,24,25,26). The molecule has 0 saturated heterocycles. The topological polar surface area (TPSA) is 103 Å². The van der Waals surface area contributed by atoms with E-state index in [4.69, 9.17) is 22.1 Å². The highest BCUT2D eigenvalue weighted by Crippen LogP contribution is 2.39. The normalized spacial score (nSPS) is 12.9. The molecule has 0 bridgehead atoms. The molecule has 29 heavy (non-hydrogen) atoms. The van der Waals surface area contributed by atoms with Crippen molar-refractivity contribution in [3.63, 3.8) is 0 Å². The molecule has 2 heterocycles. The summed E-state index contributed by atoms with van der Waals surface area (Å²) in [5.41, 5.74) is 8.79. The van der Waals surface area contributed by atoms with Gasteiger partial charge in [-0.2, -0.15) is 9.97 Å². The van der Waals surface area contributed by atoms with Crippen molar-refractivity contribution in [2.75, 3.05) is 18.0 Å². The maximum Gasteiger partial charge on any atom is 0.230 e. The molecule has 0 spiro atoms. The lowest BCUT2D eigenvalue weighted by atomic mass is 9.94. The second-order valence-corrected chi connectivity index (χ2v) is 8.01. The molecule has 0 atom stereocenters. The molecule has 9 heteroatoms. The zero-order valence-corrected chi connectivity index (χ0v) is 17.4. The number of nitrogen functional groups attached to an aromatic ring is 1. The van der Waals surface area contributed by atoms with Gasteiger partial charge in [-0.3, -0.25) is 4.79 Å². The van der Waals surface area contributed by atoms with Gasteiger partial charge in [0.25, 0.3) is 0 Å². The van der Waals surface area contributed by atoms with E-state index >= 15 is 0 Å². The van der Waals surface area contributed by atoms with E-state index in [-0.39, 0.29) is 17.6 Å². The Labute approximate surface area is 177 Å². The lowest BCUT2D eigenvalue weighted by Gasteiger charge is -2.20. The maximum absolute atomic E-state index is 11.9. The van der Waals surface area contributed by atoms with Crippen LogP contribution in [0.25, 0.3) is 22.2 Å². The Bertz CT molecular complexity index is 1090. The number of thioether (sulfide) groups is 1. The van der Waals surface area contributed by atoms with Gasteiger partial charge in [0.05, 0.1) is 24.0 Å². The SMILES string of the molecule is CCCNC(=O)CSc1nc(N)nc(-c2c(Cl)cc3c4c(cccc24)COC3)n1. The van der Waals surface area contributed by atoms with E-state index in [0.717, 1.165) is 28.3 Å². The first-order valence-corrected chi connectivity index (χ1v) is 10.6. The summed E-state index contributed by atoms with van der Waals surface area (Å²) >= 11 is 7.84. The van der Waals surface area contributed by atoms with Crippen LogP contribution in [-0.4, -0.2) is 33.2 Å². The Morgan fingerprint density at radius 3 is 2.93 bits per heavy atom. The van der Waals surface area contributed by atoms with E-state index in [1.165, 1.54) is 11.8 Å². The Kier molecular flexibility index (Phi) is 5.84. The van der Waals surface area contributed by atoms with Crippen molar-refractivity contribution in [2.24, 2.45) is 0 Å². The predicted molar refractivity (Wildman–Crippen MR) is 115 cm³/mol. The zero-order valence-electron chi connectivity index (χ0n) is 15.9. The highest BCUT2D eigenvalue weighted by Gasteiger charge is 2.21. The molecule has 0 unspecified atom stereocenters. The average Bonchev–Trinajstić information content (AvgIpc) is 2.70. The lowest BCUT2D eigenvalue weighted by Crippen LogP contribution is -2.25. The fourth-order valence-electron chi connectivity index (χ4n) is 3.34. The zero-order chi connectivity index (χ0) is 20.4. The number of carbonyl (C=O) groups excluding carboxylic acids is 1. The molecule has 0 radical (unpaired) electrons. The number of ether oxygens (including phenoxy) is 1. The van der Waals surface area contributed by atoms with E-state index < -0.39 is 0 Å². The summed E-state index contributed by atoms with van der Waals surface area (Å²) in [6.45, 7) is 3.71. The minimum atomic E-state index is -0.0722. The number of carbonyl (C=O) groups is 1. The summed E-state index contributed by atoms with van der Waals surface area (Å²) in [7, 11) is 0. The van der Waals surface area contributed by atoms with Crippen LogP contribution in [0.15, 0.2) is 29.4 Å². The van der Waals surface area contributed by atoms with Crippen LogP contribution in [0.2, 0.25) is 5.02 Å². The smallest absolute Gasteiger partial charge is 0.230 e. The molecular weight excluding hydrogens is 410 g/mol. The van der Waals surface area contributed by atoms with Crippen molar-refractivity contribution in [3.8, 4) is 11.4 Å². The molecule has 1 aromatic heterocycles. The number of nitrogens with two attached hydrogens (primary N) is 1. The molecule has 1 aliphatic heterocycles. The molecule has 3 aromatic rings. The van der Waals surface area contributed by atoms with Crippen molar-refractivity contribution in [3.05, 3.63) is 40.4 Å². The lowest BCUT2D eigenvalue weighted by molar-refractivity contribution is -0.118. The molecule has 4 rings (SSSR count). The van der Waals surface area contributed by atoms with Crippen LogP contribution in [0.4, 0.5) is 5.95 Å². The van der Waals surface area contributed by atoms with Gasteiger partial charge in [-0.1, -0.05) is 48.5 Å². The van der Waals surface area contributed by atoms with Gasteiger partial charge < -0.3 is 15.8 Å². The first kappa shape index (κ1) is 19.9. The predicted octanol–water partition coefficient (Wildman–Crippen LogP) is 3.58. The third-order valence-electron chi connectivity index (χ3n) is 4.56. The molecule has 0 aliphatic carbocycles. The number of aromatic nitrogens is 3. The molecule has 2 aromatic carbocycles. The molecule has 0 fully saturated rings. The number of halogens is 1. The molecular formula is C20H20ClN5O2S. The quantitative estimate of drug-likeness (QED) is 0.577. The Morgan fingerprint density at radius 2 is 2.10 bits per heavy atom. The van der Waals surface area contributed by atoms with Gasteiger partial charge in [-0.25, -0.2) is 4.98 Å².